The highest BCUT2D eigenvalue weighted by molar-refractivity contribution is 8.14. The van der Waals surface area contributed by atoms with Gasteiger partial charge in [-0.15, -0.1) is 0 Å². The van der Waals surface area contributed by atoms with Crippen LogP contribution in [0.5, 0.6) is 0 Å². The molecule has 0 bridgehead atoms. The average molecular weight is 316 g/mol. The maximum absolute atomic E-state index is 12.0. The van der Waals surface area contributed by atoms with E-state index >= 15 is 0 Å². The van der Waals surface area contributed by atoms with E-state index in [2.05, 4.69) is 0 Å². The number of hydrogen-bond donors (Lipinski definition) is 1. The molecule has 2 saturated heterocycles. The second kappa shape index (κ2) is 5.84. The van der Waals surface area contributed by atoms with Gasteiger partial charge in [0.05, 0.1) is 24.4 Å². The largest absolute Gasteiger partial charge is 0.444 e. The van der Waals surface area contributed by atoms with Crippen LogP contribution in [0, 0.1) is 0 Å². The summed E-state index contributed by atoms with van der Waals surface area (Å²) < 4.78 is 5.25. The molecule has 3 amide bonds. The van der Waals surface area contributed by atoms with Gasteiger partial charge in [-0.05, 0) is 27.2 Å². The summed E-state index contributed by atoms with van der Waals surface area (Å²) in [4.78, 5) is 37.9. The predicted molar refractivity (Wildman–Crippen MR) is 76.9 cm³/mol. The normalized spacial score (nSPS) is 27.2. The van der Waals surface area contributed by atoms with Gasteiger partial charge in [-0.25, -0.2) is 4.79 Å². The summed E-state index contributed by atoms with van der Waals surface area (Å²) in [6.07, 6.45) is -1.08. The Balaban J connectivity index is 1.98. The number of carbonyl (C=O) groups is 3. The van der Waals surface area contributed by atoms with Crippen LogP contribution in [-0.4, -0.2) is 68.7 Å². The predicted octanol–water partition coefficient (Wildman–Crippen LogP) is 1.05. The lowest BCUT2D eigenvalue weighted by molar-refractivity contribution is -0.129. The van der Waals surface area contributed by atoms with Gasteiger partial charge in [0, 0.05) is 6.54 Å². The number of amides is 3. The van der Waals surface area contributed by atoms with Crippen LogP contribution in [0.4, 0.5) is 9.59 Å². The number of thioether (sulfide) groups is 1. The van der Waals surface area contributed by atoms with Crippen molar-refractivity contribution in [2.24, 2.45) is 0 Å². The summed E-state index contributed by atoms with van der Waals surface area (Å²) in [6.45, 7) is 5.71. The minimum absolute atomic E-state index is 0.0569. The molecule has 0 aromatic rings. The lowest BCUT2D eigenvalue weighted by Crippen LogP contribution is -2.57. The number of β-amino-alcohol motifs (C(OH)–C–C–N with tert-alkyl or cyclic N) is 1. The molecule has 0 aliphatic carbocycles. The van der Waals surface area contributed by atoms with E-state index in [0.29, 0.717) is 13.0 Å². The molecule has 2 aliphatic rings. The zero-order valence-electron chi connectivity index (χ0n) is 12.4. The van der Waals surface area contributed by atoms with Crippen molar-refractivity contribution < 1.29 is 24.2 Å². The fourth-order valence-corrected chi connectivity index (χ4v) is 3.16. The fourth-order valence-electron chi connectivity index (χ4n) is 2.40. The molecule has 8 heteroatoms. The van der Waals surface area contributed by atoms with Crippen molar-refractivity contribution in [3.63, 3.8) is 0 Å². The Morgan fingerprint density at radius 1 is 1.38 bits per heavy atom. The molecular weight excluding hydrogens is 296 g/mol. The van der Waals surface area contributed by atoms with Gasteiger partial charge in [0.25, 0.3) is 5.24 Å². The Hall–Kier alpha value is -1.28. The van der Waals surface area contributed by atoms with Crippen LogP contribution in [0.1, 0.15) is 27.2 Å². The number of nitrogens with zero attached hydrogens (tertiary/aromatic N) is 2. The van der Waals surface area contributed by atoms with Crippen molar-refractivity contribution in [2.75, 3.05) is 18.8 Å². The third kappa shape index (κ3) is 3.68. The highest BCUT2D eigenvalue weighted by atomic mass is 32.2. The van der Waals surface area contributed by atoms with E-state index in [4.69, 9.17) is 4.74 Å². The zero-order valence-corrected chi connectivity index (χ0v) is 13.2. The van der Waals surface area contributed by atoms with Crippen molar-refractivity contribution in [1.29, 1.82) is 0 Å². The number of ether oxygens (including phenoxy) is 1. The van der Waals surface area contributed by atoms with Crippen molar-refractivity contribution in [3.05, 3.63) is 0 Å². The number of piperidine rings is 1. The zero-order chi connectivity index (χ0) is 15.8. The molecule has 0 radical (unpaired) electrons. The van der Waals surface area contributed by atoms with Crippen LogP contribution < -0.4 is 0 Å². The van der Waals surface area contributed by atoms with Crippen LogP contribution >= 0.6 is 11.8 Å². The van der Waals surface area contributed by atoms with Gasteiger partial charge in [0.2, 0.25) is 5.91 Å². The fraction of sp³-hybridized carbons (Fsp3) is 0.769. The summed E-state index contributed by atoms with van der Waals surface area (Å²) in [7, 11) is 0. The molecule has 7 nitrogen and oxygen atoms in total. The molecule has 0 aromatic heterocycles. The number of rotatable bonds is 1. The Morgan fingerprint density at radius 3 is 2.52 bits per heavy atom. The van der Waals surface area contributed by atoms with Gasteiger partial charge in [-0.1, -0.05) is 11.8 Å². The topological polar surface area (TPSA) is 87.2 Å². The number of carbonyl (C=O) groups excluding carboxylic acids is 3. The van der Waals surface area contributed by atoms with Crippen molar-refractivity contribution in [3.8, 4) is 0 Å². The minimum atomic E-state index is -0.946. The number of aliphatic hydroxyl groups is 1. The Morgan fingerprint density at radius 2 is 2.05 bits per heavy atom. The third-order valence-electron chi connectivity index (χ3n) is 3.31. The van der Waals surface area contributed by atoms with E-state index in [1.807, 2.05) is 0 Å². The molecule has 1 N–H and O–H groups in total. The number of aliphatic hydroxyl groups excluding tert-OH is 1. The van der Waals surface area contributed by atoms with Crippen LogP contribution in [0.3, 0.4) is 0 Å². The molecular formula is C13H20N2O5S. The molecule has 2 aliphatic heterocycles. The second-order valence-electron chi connectivity index (χ2n) is 6.17. The molecule has 2 rings (SSSR count). The van der Waals surface area contributed by atoms with Crippen LogP contribution in [0.25, 0.3) is 0 Å². The highest BCUT2D eigenvalue weighted by Gasteiger charge is 2.42. The molecule has 2 fully saturated rings. The first kappa shape index (κ1) is 16.1. The maximum Gasteiger partial charge on any atom is 0.410 e. The Labute approximate surface area is 127 Å². The van der Waals surface area contributed by atoms with E-state index in [0.717, 1.165) is 16.7 Å². The van der Waals surface area contributed by atoms with Crippen LogP contribution in [0.15, 0.2) is 0 Å². The van der Waals surface area contributed by atoms with Crippen LogP contribution in [0.2, 0.25) is 0 Å². The minimum Gasteiger partial charge on any atom is -0.444 e. The number of likely N-dealkylation sites (tertiary alicyclic amines) is 1. The average Bonchev–Trinajstić information content (AvgIpc) is 2.67. The van der Waals surface area contributed by atoms with Gasteiger partial charge < -0.3 is 14.7 Å². The highest BCUT2D eigenvalue weighted by Crippen LogP contribution is 2.27. The molecule has 21 heavy (non-hydrogen) atoms. The molecule has 0 saturated carbocycles. The van der Waals surface area contributed by atoms with E-state index in [9.17, 15) is 19.5 Å². The van der Waals surface area contributed by atoms with Crippen LogP contribution in [-0.2, 0) is 9.53 Å². The molecule has 0 spiro atoms. The lowest BCUT2D eigenvalue weighted by Gasteiger charge is -2.39. The van der Waals surface area contributed by atoms with Gasteiger partial charge >= 0.3 is 6.09 Å². The smallest absolute Gasteiger partial charge is 0.410 e. The van der Waals surface area contributed by atoms with Gasteiger partial charge in [0.1, 0.15) is 5.60 Å². The first-order valence-corrected chi connectivity index (χ1v) is 7.82. The van der Waals surface area contributed by atoms with E-state index in [-0.39, 0.29) is 23.4 Å². The lowest BCUT2D eigenvalue weighted by atomic mass is 10.0. The Kier molecular flexibility index (Phi) is 4.48. The number of hydrogen-bond acceptors (Lipinski definition) is 6. The van der Waals surface area contributed by atoms with Crippen molar-refractivity contribution in [1.82, 2.24) is 9.80 Å². The van der Waals surface area contributed by atoms with Gasteiger partial charge in [-0.3, -0.25) is 14.5 Å². The maximum atomic E-state index is 12.0. The summed E-state index contributed by atoms with van der Waals surface area (Å²) in [5, 5.41) is 9.85. The van der Waals surface area contributed by atoms with Gasteiger partial charge in [-0.2, -0.15) is 0 Å². The molecule has 0 aromatic carbocycles. The summed E-state index contributed by atoms with van der Waals surface area (Å²) in [5.74, 6) is -0.155. The summed E-state index contributed by atoms with van der Waals surface area (Å²) in [5.41, 5.74) is -0.601. The first-order valence-electron chi connectivity index (χ1n) is 6.84. The van der Waals surface area contributed by atoms with Crippen molar-refractivity contribution >= 4 is 29.0 Å². The standard InChI is InChI=1S/C13H20N2O5S/c1-13(2,3)20-11(18)14-5-4-8(9(16)6-14)15-10(17)7-21-12(15)19/h8-9,16H,4-7H2,1-3H3/t8-,9-/m0/s1. The quantitative estimate of drug-likeness (QED) is 0.778. The van der Waals surface area contributed by atoms with Gasteiger partial charge in [0.15, 0.2) is 0 Å². The third-order valence-corrected chi connectivity index (χ3v) is 4.15. The first-order chi connectivity index (χ1) is 9.69. The monoisotopic (exact) mass is 316 g/mol. The number of imide groups is 1. The molecule has 2 heterocycles. The second-order valence-corrected chi connectivity index (χ2v) is 7.09. The molecule has 2 atom stereocenters. The molecule has 0 unspecified atom stereocenters. The van der Waals surface area contributed by atoms with Crippen molar-refractivity contribution in [2.45, 2.75) is 44.9 Å². The van der Waals surface area contributed by atoms with E-state index < -0.39 is 23.8 Å². The Bertz CT molecular complexity index is 446. The summed E-state index contributed by atoms with van der Waals surface area (Å²) >= 11 is 0.945. The SMILES string of the molecule is CC(C)(C)OC(=O)N1CC[C@H](N2C(=O)CSC2=O)[C@@H](O)C1. The van der Waals surface area contributed by atoms with E-state index in [1.165, 1.54) is 4.90 Å². The molecule has 118 valence electrons. The summed E-state index contributed by atoms with van der Waals surface area (Å²) in [6, 6.07) is -0.557. The van der Waals surface area contributed by atoms with E-state index in [1.54, 1.807) is 20.8 Å².